The number of carbonyl (C=O) groups is 2. The third kappa shape index (κ3) is 4.11. The maximum atomic E-state index is 12.2. The number of fused-ring (bicyclic) bond motifs is 1. The van der Waals surface area contributed by atoms with Gasteiger partial charge in [0, 0.05) is 22.8 Å². The number of aromatic nitrogens is 1. The molecule has 3 N–H and O–H groups in total. The standard InChI is InChI=1S/C21H23N3O2/c1-14(2)16-7-3-6-10-19(16)24-21(26)13-23-20(25)11-15-12-22-18-9-5-4-8-17(15)18/h3-10,12,14,22H,11,13H2,1-2H3,(H,23,25)(H,24,26). The summed E-state index contributed by atoms with van der Waals surface area (Å²) in [6.45, 7) is 4.11. The van der Waals surface area contributed by atoms with Crippen molar-refractivity contribution in [1.29, 1.82) is 0 Å². The molecule has 0 aliphatic rings. The normalized spacial score (nSPS) is 10.9. The zero-order valence-corrected chi connectivity index (χ0v) is 15.0. The number of hydrogen-bond acceptors (Lipinski definition) is 2. The van der Waals surface area contributed by atoms with Gasteiger partial charge in [0.15, 0.2) is 0 Å². The lowest BCUT2D eigenvalue weighted by molar-refractivity contribution is -0.123. The summed E-state index contributed by atoms with van der Waals surface area (Å²) >= 11 is 0. The summed E-state index contributed by atoms with van der Waals surface area (Å²) in [4.78, 5) is 27.5. The van der Waals surface area contributed by atoms with Crippen molar-refractivity contribution < 1.29 is 9.59 Å². The Labute approximate surface area is 152 Å². The Bertz CT molecular complexity index is 928. The van der Waals surface area contributed by atoms with E-state index in [2.05, 4.69) is 29.5 Å². The molecule has 0 radical (unpaired) electrons. The Morgan fingerprint density at radius 2 is 1.73 bits per heavy atom. The van der Waals surface area contributed by atoms with Crippen molar-refractivity contribution in [1.82, 2.24) is 10.3 Å². The van der Waals surface area contributed by atoms with Crippen LogP contribution in [0.5, 0.6) is 0 Å². The molecule has 1 aromatic heterocycles. The first kappa shape index (κ1) is 17.7. The average Bonchev–Trinajstić information content (AvgIpc) is 3.03. The Morgan fingerprint density at radius 3 is 2.54 bits per heavy atom. The van der Waals surface area contributed by atoms with E-state index in [0.717, 1.165) is 27.7 Å². The lowest BCUT2D eigenvalue weighted by Crippen LogP contribution is -2.34. The molecule has 5 nitrogen and oxygen atoms in total. The van der Waals surface area contributed by atoms with Crippen LogP contribution in [-0.4, -0.2) is 23.3 Å². The molecule has 1 heterocycles. The number of hydrogen-bond donors (Lipinski definition) is 3. The number of nitrogens with one attached hydrogen (secondary N) is 3. The summed E-state index contributed by atoms with van der Waals surface area (Å²) in [6.07, 6.45) is 2.07. The van der Waals surface area contributed by atoms with Gasteiger partial charge in [-0.3, -0.25) is 9.59 Å². The molecule has 0 bridgehead atoms. The Hall–Kier alpha value is -3.08. The summed E-state index contributed by atoms with van der Waals surface area (Å²) in [5.41, 5.74) is 3.78. The van der Waals surface area contributed by atoms with Crippen LogP contribution in [0, 0.1) is 0 Å². The molecule has 2 amide bonds. The summed E-state index contributed by atoms with van der Waals surface area (Å²) in [5.74, 6) is -0.101. The predicted molar refractivity (Wildman–Crippen MR) is 104 cm³/mol. The number of anilines is 1. The average molecular weight is 349 g/mol. The monoisotopic (exact) mass is 349 g/mol. The molecule has 5 heteroatoms. The van der Waals surface area contributed by atoms with Crippen LogP contribution in [0.3, 0.4) is 0 Å². The lowest BCUT2D eigenvalue weighted by atomic mass is 10.0. The zero-order chi connectivity index (χ0) is 18.5. The Balaban J connectivity index is 1.55. The molecule has 3 aromatic rings. The fourth-order valence-electron chi connectivity index (χ4n) is 3.00. The molecule has 0 saturated carbocycles. The van der Waals surface area contributed by atoms with Crippen LogP contribution in [0.4, 0.5) is 5.69 Å². The van der Waals surface area contributed by atoms with Gasteiger partial charge in [-0.1, -0.05) is 50.2 Å². The van der Waals surface area contributed by atoms with Crippen LogP contribution in [0.1, 0.15) is 30.9 Å². The minimum atomic E-state index is -0.231. The van der Waals surface area contributed by atoms with Gasteiger partial charge >= 0.3 is 0 Å². The first-order valence-electron chi connectivity index (χ1n) is 8.75. The summed E-state index contributed by atoms with van der Waals surface area (Å²) < 4.78 is 0. The highest BCUT2D eigenvalue weighted by Crippen LogP contribution is 2.23. The Morgan fingerprint density at radius 1 is 1.00 bits per heavy atom. The summed E-state index contributed by atoms with van der Waals surface area (Å²) in [7, 11) is 0. The van der Waals surface area contributed by atoms with Gasteiger partial charge in [0.05, 0.1) is 13.0 Å². The molecule has 3 rings (SSSR count). The number of aromatic amines is 1. The van der Waals surface area contributed by atoms with E-state index in [1.165, 1.54) is 0 Å². The molecule has 2 aromatic carbocycles. The van der Waals surface area contributed by atoms with Gasteiger partial charge in [0.1, 0.15) is 0 Å². The van der Waals surface area contributed by atoms with Gasteiger partial charge in [-0.25, -0.2) is 0 Å². The second-order valence-corrected chi connectivity index (χ2v) is 6.60. The van der Waals surface area contributed by atoms with Crippen LogP contribution in [0.15, 0.2) is 54.7 Å². The Kier molecular flexibility index (Phi) is 5.37. The van der Waals surface area contributed by atoms with Crippen molar-refractivity contribution in [3.8, 4) is 0 Å². The molecular formula is C21H23N3O2. The second-order valence-electron chi connectivity index (χ2n) is 6.60. The predicted octanol–water partition coefficient (Wildman–Crippen LogP) is 3.59. The van der Waals surface area contributed by atoms with E-state index >= 15 is 0 Å². The maximum absolute atomic E-state index is 12.2. The molecular weight excluding hydrogens is 326 g/mol. The highest BCUT2D eigenvalue weighted by Gasteiger charge is 2.12. The van der Waals surface area contributed by atoms with E-state index in [1.807, 2.05) is 54.7 Å². The molecule has 0 unspecified atom stereocenters. The molecule has 0 atom stereocenters. The smallest absolute Gasteiger partial charge is 0.243 e. The van der Waals surface area contributed by atoms with E-state index < -0.39 is 0 Å². The number of amides is 2. The van der Waals surface area contributed by atoms with E-state index in [-0.39, 0.29) is 24.8 Å². The topological polar surface area (TPSA) is 74.0 Å². The largest absolute Gasteiger partial charge is 0.361 e. The van der Waals surface area contributed by atoms with Crippen molar-refractivity contribution in [3.05, 3.63) is 65.9 Å². The highest BCUT2D eigenvalue weighted by molar-refractivity contribution is 5.96. The SMILES string of the molecule is CC(C)c1ccccc1NC(=O)CNC(=O)Cc1c[nH]c2ccccc12. The fraction of sp³-hybridized carbons (Fsp3) is 0.238. The molecule has 0 spiro atoms. The molecule has 26 heavy (non-hydrogen) atoms. The molecule has 0 aliphatic carbocycles. The van der Waals surface area contributed by atoms with Gasteiger partial charge in [0.25, 0.3) is 0 Å². The number of H-pyrrole nitrogens is 1. The zero-order valence-electron chi connectivity index (χ0n) is 15.0. The quantitative estimate of drug-likeness (QED) is 0.636. The summed E-state index contributed by atoms with van der Waals surface area (Å²) in [6, 6.07) is 15.5. The van der Waals surface area contributed by atoms with E-state index in [0.29, 0.717) is 5.92 Å². The fourth-order valence-corrected chi connectivity index (χ4v) is 3.00. The highest BCUT2D eigenvalue weighted by atomic mass is 16.2. The third-order valence-electron chi connectivity index (χ3n) is 4.33. The number of carbonyl (C=O) groups excluding carboxylic acids is 2. The third-order valence-corrected chi connectivity index (χ3v) is 4.33. The van der Waals surface area contributed by atoms with Gasteiger partial charge in [0.2, 0.25) is 11.8 Å². The van der Waals surface area contributed by atoms with Crippen LogP contribution < -0.4 is 10.6 Å². The lowest BCUT2D eigenvalue weighted by Gasteiger charge is -2.13. The minimum Gasteiger partial charge on any atom is -0.361 e. The number of para-hydroxylation sites is 2. The van der Waals surface area contributed by atoms with Crippen molar-refractivity contribution in [2.45, 2.75) is 26.2 Å². The first-order valence-corrected chi connectivity index (χ1v) is 8.75. The maximum Gasteiger partial charge on any atom is 0.243 e. The second kappa shape index (κ2) is 7.87. The molecule has 134 valence electrons. The van der Waals surface area contributed by atoms with E-state index in [4.69, 9.17) is 0 Å². The minimum absolute atomic E-state index is 0.0480. The van der Waals surface area contributed by atoms with Gasteiger partial charge < -0.3 is 15.6 Å². The van der Waals surface area contributed by atoms with Crippen LogP contribution in [0.2, 0.25) is 0 Å². The van der Waals surface area contributed by atoms with Crippen molar-refractivity contribution in [2.24, 2.45) is 0 Å². The van der Waals surface area contributed by atoms with Crippen molar-refractivity contribution in [3.63, 3.8) is 0 Å². The van der Waals surface area contributed by atoms with Crippen LogP contribution in [-0.2, 0) is 16.0 Å². The van der Waals surface area contributed by atoms with Crippen molar-refractivity contribution in [2.75, 3.05) is 11.9 Å². The number of benzene rings is 2. The van der Waals surface area contributed by atoms with Gasteiger partial charge in [-0.05, 0) is 29.2 Å². The molecule has 0 aliphatic heterocycles. The van der Waals surface area contributed by atoms with Crippen LogP contribution in [0.25, 0.3) is 10.9 Å². The first-order chi connectivity index (χ1) is 12.5. The van der Waals surface area contributed by atoms with Crippen molar-refractivity contribution >= 4 is 28.4 Å². The van der Waals surface area contributed by atoms with Gasteiger partial charge in [-0.2, -0.15) is 0 Å². The number of rotatable bonds is 6. The van der Waals surface area contributed by atoms with Gasteiger partial charge in [-0.15, -0.1) is 0 Å². The van der Waals surface area contributed by atoms with E-state index in [1.54, 1.807) is 0 Å². The summed E-state index contributed by atoms with van der Waals surface area (Å²) in [5, 5.41) is 6.59. The molecule has 0 saturated heterocycles. The van der Waals surface area contributed by atoms with E-state index in [9.17, 15) is 9.59 Å². The van der Waals surface area contributed by atoms with Crippen LogP contribution >= 0.6 is 0 Å². The molecule has 0 fully saturated rings.